The largest absolute Gasteiger partial charge is 0.332 e. The lowest BCUT2D eigenvalue weighted by molar-refractivity contribution is 0.676. The highest BCUT2D eigenvalue weighted by Crippen LogP contribution is 2.09. The molecule has 0 atom stereocenters. The Labute approximate surface area is 126 Å². The van der Waals surface area contributed by atoms with Crippen molar-refractivity contribution in [3.63, 3.8) is 0 Å². The van der Waals surface area contributed by atoms with Crippen molar-refractivity contribution in [3.05, 3.63) is 61.8 Å². The van der Waals surface area contributed by atoms with Gasteiger partial charge in [0, 0.05) is 32.2 Å². The molecule has 0 unspecified atom stereocenters. The van der Waals surface area contributed by atoms with Gasteiger partial charge in [-0.25, -0.2) is 4.79 Å². The molecule has 1 heterocycles. The summed E-state index contributed by atoms with van der Waals surface area (Å²) in [5.74, 6) is 0.410. The lowest BCUT2D eigenvalue weighted by atomic mass is 10.2. The van der Waals surface area contributed by atoms with E-state index in [9.17, 15) is 9.59 Å². The average molecular weight is 307 g/mol. The monoisotopic (exact) mass is 306 g/mol. The molecule has 1 aromatic carbocycles. The third-order valence-electron chi connectivity index (χ3n) is 3.08. The maximum atomic E-state index is 11.9. The van der Waals surface area contributed by atoms with Crippen LogP contribution in [0, 0.1) is 0 Å². The fourth-order valence-corrected chi connectivity index (χ4v) is 1.92. The number of halogens is 1. The highest BCUT2D eigenvalue weighted by Gasteiger charge is 2.08. The molecule has 0 aliphatic carbocycles. The summed E-state index contributed by atoms with van der Waals surface area (Å²) in [4.78, 5) is 23.5. The summed E-state index contributed by atoms with van der Waals surface area (Å²) in [6.07, 6.45) is 1.62. The Morgan fingerprint density at radius 2 is 1.76 bits per heavy atom. The normalized spacial score (nSPS) is 11.0. The molecule has 0 aliphatic rings. The molecule has 0 aliphatic heterocycles. The molecule has 0 amide bonds. The van der Waals surface area contributed by atoms with E-state index in [4.69, 9.17) is 11.6 Å². The Balaban J connectivity index is 2.33. The van der Waals surface area contributed by atoms with Crippen LogP contribution in [0.25, 0.3) is 0 Å². The first-order chi connectivity index (χ1) is 9.90. The predicted octanol–water partition coefficient (Wildman–Crippen LogP) is 1.21. The third kappa shape index (κ3) is 3.22. The van der Waals surface area contributed by atoms with Gasteiger partial charge in [-0.3, -0.25) is 18.9 Å². The summed E-state index contributed by atoms with van der Waals surface area (Å²) >= 11 is 5.81. The Kier molecular flexibility index (Phi) is 4.28. The summed E-state index contributed by atoms with van der Waals surface area (Å²) in [7, 11) is 4.69. The number of nitrogens with zero attached hydrogens (tertiary/aromatic N) is 4. The van der Waals surface area contributed by atoms with Crippen molar-refractivity contribution < 1.29 is 0 Å². The summed E-state index contributed by atoms with van der Waals surface area (Å²) in [6, 6.07) is 8.53. The molecule has 0 saturated carbocycles. The van der Waals surface area contributed by atoms with E-state index in [2.05, 4.69) is 5.10 Å². The highest BCUT2D eigenvalue weighted by atomic mass is 35.5. The molecule has 0 spiro atoms. The molecule has 2 aromatic rings. The van der Waals surface area contributed by atoms with Crippen molar-refractivity contribution in [1.82, 2.24) is 9.13 Å². The maximum absolute atomic E-state index is 11.9. The first-order valence-corrected chi connectivity index (χ1v) is 6.58. The van der Waals surface area contributed by atoms with E-state index in [1.54, 1.807) is 32.4 Å². The second-order valence-corrected chi connectivity index (χ2v) is 5.00. The van der Waals surface area contributed by atoms with Crippen molar-refractivity contribution in [2.45, 2.75) is 0 Å². The van der Waals surface area contributed by atoms with Crippen LogP contribution in [0.3, 0.4) is 0 Å². The van der Waals surface area contributed by atoms with Crippen LogP contribution in [-0.2, 0) is 14.1 Å². The van der Waals surface area contributed by atoms with Crippen LogP contribution in [0.4, 0.5) is 5.82 Å². The first-order valence-electron chi connectivity index (χ1n) is 6.20. The minimum Gasteiger partial charge on any atom is -0.281 e. The van der Waals surface area contributed by atoms with Gasteiger partial charge >= 0.3 is 5.69 Å². The van der Waals surface area contributed by atoms with Gasteiger partial charge in [0.2, 0.25) is 0 Å². The summed E-state index contributed by atoms with van der Waals surface area (Å²) in [6.45, 7) is 0. The topological polar surface area (TPSA) is 59.6 Å². The quantitative estimate of drug-likeness (QED) is 0.632. The highest BCUT2D eigenvalue weighted by molar-refractivity contribution is 6.30. The molecule has 2 rings (SSSR count). The van der Waals surface area contributed by atoms with E-state index in [1.165, 1.54) is 22.7 Å². The Morgan fingerprint density at radius 3 is 2.38 bits per heavy atom. The molecule has 0 fully saturated rings. The van der Waals surface area contributed by atoms with Gasteiger partial charge in [-0.2, -0.15) is 5.10 Å². The molecule has 21 heavy (non-hydrogen) atoms. The summed E-state index contributed by atoms with van der Waals surface area (Å²) < 4.78 is 2.40. The van der Waals surface area contributed by atoms with E-state index in [-0.39, 0.29) is 5.56 Å². The van der Waals surface area contributed by atoms with Gasteiger partial charge in [0.05, 0.1) is 6.21 Å². The summed E-state index contributed by atoms with van der Waals surface area (Å²) in [5, 5.41) is 6.34. The molecule has 6 nitrogen and oxygen atoms in total. The predicted molar refractivity (Wildman–Crippen MR) is 84.4 cm³/mol. The number of hydrogen-bond acceptors (Lipinski definition) is 4. The van der Waals surface area contributed by atoms with Crippen LogP contribution < -0.4 is 16.3 Å². The van der Waals surface area contributed by atoms with E-state index in [0.717, 1.165) is 10.1 Å². The molecular weight excluding hydrogens is 292 g/mol. The standard InChI is InChI=1S/C14H15ClN4O2/c1-17-12(8-13(20)18(2)14(17)21)19(3)16-9-10-4-6-11(15)7-5-10/h4-9H,1-3H3/b16-9+. The van der Waals surface area contributed by atoms with Gasteiger partial charge in [-0.15, -0.1) is 0 Å². The van der Waals surface area contributed by atoms with Gasteiger partial charge in [-0.1, -0.05) is 23.7 Å². The van der Waals surface area contributed by atoms with Crippen LogP contribution >= 0.6 is 11.6 Å². The van der Waals surface area contributed by atoms with Crippen LogP contribution in [0.15, 0.2) is 45.0 Å². The fraction of sp³-hybridized carbons (Fsp3) is 0.214. The molecule has 0 radical (unpaired) electrons. The van der Waals surface area contributed by atoms with Crippen LogP contribution in [-0.4, -0.2) is 22.4 Å². The van der Waals surface area contributed by atoms with Gasteiger partial charge in [-0.05, 0) is 17.7 Å². The van der Waals surface area contributed by atoms with E-state index in [1.807, 2.05) is 12.1 Å². The minimum absolute atomic E-state index is 0.373. The van der Waals surface area contributed by atoms with Crippen molar-refractivity contribution >= 4 is 23.6 Å². The van der Waals surface area contributed by atoms with E-state index >= 15 is 0 Å². The molecule has 0 saturated heterocycles. The molecule has 1 aromatic heterocycles. The van der Waals surface area contributed by atoms with Crippen LogP contribution in [0.1, 0.15) is 5.56 Å². The number of hydrazone groups is 1. The number of anilines is 1. The van der Waals surface area contributed by atoms with Crippen molar-refractivity contribution in [2.24, 2.45) is 19.2 Å². The SMILES string of the molecule is CN(/N=C/c1ccc(Cl)cc1)c1cc(=O)n(C)c(=O)n1C. The molecule has 0 N–H and O–H groups in total. The molecule has 110 valence electrons. The average Bonchev–Trinajstić information content (AvgIpc) is 2.48. The van der Waals surface area contributed by atoms with E-state index < -0.39 is 5.69 Å². The minimum atomic E-state index is -0.397. The van der Waals surface area contributed by atoms with E-state index in [0.29, 0.717) is 10.8 Å². The van der Waals surface area contributed by atoms with Crippen molar-refractivity contribution in [3.8, 4) is 0 Å². The van der Waals surface area contributed by atoms with Gasteiger partial charge < -0.3 is 0 Å². The number of hydrogen-bond donors (Lipinski definition) is 0. The lowest BCUT2D eigenvalue weighted by Crippen LogP contribution is -2.38. The number of aromatic nitrogens is 2. The van der Waals surface area contributed by atoms with Crippen LogP contribution in [0.5, 0.6) is 0 Å². The summed E-state index contributed by atoms with van der Waals surface area (Å²) in [5.41, 5.74) is 0.0905. The zero-order valence-corrected chi connectivity index (χ0v) is 12.7. The Morgan fingerprint density at radius 1 is 1.14 bits per heavy atom. The zero-order valence-electron chi connectivity index (χ0n) is 11.9. The first kappa shape index (κ1) is 15.1. The molecule has 7 heteroatoms. The van der Waals surface area contributed by atoms with Crippen LogP contribution in [0.2, 0.25) is 5.02 Å². The van der Waals surface area contributed by atoms with Gasteiger partial charge in [0.15, 0.2) is 0 Å². The number of rotatable bonds is 3. The molecular formula is C14H15ClN4O2. The zero-order chi connectivity index (χ0) is 15.6. The Bertz CT molecular complexity index is 790. The second kappa shape index (κ2) is 5.97. The van der Waals surface area contributed by atoms with Gasteiger partial charge in [0.25, 0.3) is 5.56 Å². The van der Waals surface area contributed by atoms with Crippen molar-refractivity contribution in [2.75, 3.05) is 12.1 Å². The fourth-order valence-electron chi connectivity index (χ4n) is 1.79. The van der Waals surface area contributed by atoms with Crippen molar-refractivity contribution in [1.29, 1.82) is 0 Å². The Hall–Kier alpha value is -2.34. The van der Waals surface area contributed by atoms with Gasteiger partial charge in [0.1, 0.15) is 5.82 Å². The maximum Gasteiger partial charge on any atom is 0.332 e. The molecule has 0 bridgehead atoms. The lowest BCUT2D eigenvalue weighted by Gasteiger charge is -2.16. The number of benzene rings is 1. The third-order valence-corrected chi connectivity index (χ3v) is 3.33. The second-order valence-electron chi connectivity index (χ2n) is 4.56. The smallest absolute Gasteiger partial charge is 0.281 e.